The van der Waals surface area contributed by atoms with Gasteiger partial charge in [-0.3, -0.25) is 4.79 Å². The maximum Gasteiger partial charge on any atom is 0.343 e. The van der Waals surface area contributed by atoms with E-state index in [1.165, 1.54) is 43.5 Å². The molecule has 3 aromatic carbocycles. The number of rotatable bonds is 7. The zero-order valence-corrected chi connectivity index (χ0v) is 16.0. The minimum atomic E-state index is -1.21. The fourth-order valence-corrected chi connectivity index (χ4v) is 2.87. The van der Waals surface area contributed by atoms with E-state index in [9.17, 15) is 19.1 Å². The first-order valence-electron chi connectivity index (χ1n) is 9.03. The van der Waals surface area contributed by atoms with Crippen molar-refractivity contribution >= 4 is 11.9 Å². The largest absolute Gasteiger partial charge is 0.497 e. The summed E-state index contributed by atoms with van der Waals surface area (Å²) in [5.41, 5.74) is 1.49. The normalized spacial score (nSPS) is 11.6. The van der Waals surface area contributed by atoms with Crippen molar-refractivity contribution in [2.45, 2.75) is 12.5 Å². The van der Waals surface area contributed by atoms with Crippen molar-refractivity contribution in [2.75, 3.05) is 7.11 Å². The Morgan fingerprint density at radius 1 is 1.00 bits per heavy atom. The summed E-state index contributed by atoms with van der Waals surface area (Å²) in [6.07, 6.45) is -1.67. The number of halogens is 1. The first-order chi connectivity index (χ1) is 14.4. The zero-order chi connectivity index (χ0) is 21.7. The van der Waals surface area contributed by atoms with Gasteiger partial charge in [0.25, 0.3) is 0 Å². The van der Waals surface area contributed by atoms with Crippen LogP contribution in [-0.2, 0) is 4.79 Å². The van der Waals surface area contributed by atoms with Crippen molar-refractivity contribution in [3.05, 3.63) is 83.7 Å². The molecule has 0 bridgehead atoms. The van der Waals surface area contributed by atoms with Crippen LogP contribution >= 0.6 is 0 Å². The molecule has 0 aromatic heterocycles. The summed E-state index contributed by atoms with van der Waals surface area (Å²) in [5.74, 6) is -1.51. The average Bonchev–Trinajstić information content (AvgIpc) is 2.74. The predicted octanol–water partition coefficient (Wildman–Crippen LogP) is 4.23. The number of hydrogen-bond acceptors (Lipinski definition) is 5. The number of methoxy groups -OCH3 is 1. The van der Waals surface area contributed by atoms with Crippen LogP contribution in [0.4, 0.5) is 4.39 Å². The lowest BCUT2D eigenvalue weighted by Crippen LogP contribution is -2.09. The molecule has 0 aliphatic rings. The minimum absolute atomic E-state index is 0.171. The molecule has 3 aromatic rings. The number of aliphatic carboxylic acids is 1. The first kappa shape index (κ1) is 21.0. The van der Waals surface area contributed by atoms with Crippen molar-refractivity contribution in [1.82, 2.24) is 0 Å². The highest BCUT2D eigenvalue weighted by Gasteiger charge is 2.15. The van der Waals surface area contributed by atoms with Gasteiger partial charge in [-0.1, -0.05) is 24.3 Å². The number of hydrogen-bond donors (Lipinski definition) is 2. The summed E-state index contributed by atoms with van der Waals surface area (Å²) in [7, 11) is 1.49. The number of aliphatic hydroxyl groups excluding tert-OH is 1. The molecule has 30 heavy (non-hydrogen) atoms. The Hall–Kier alpha value is -3.71. The molecule has 6 nitrogen and oxygen atoms in total. The Bertz CT molecular complexity index is 1060. The summed E-state index contributed by atoms with van der Waals surface area (Å²) >= 11 is 0. The third-order valence-corrected chi connectivity index (χ3v) is 4.43. The fourth-order valence-electron chi connectivity index (χ4n) is 2.87. The van der Waals surface area contributed by atoms with Gasteiger partial charge in [0.05, 0.1) is 25.2 Å². The van der Waals surface area contributed by atoms with Gasteiger partial charge < -0.3 is 19.7 Å². The van der Waals surface area contributed by atoms with E-state index in [1.54, 1.807) is 30.3 Å². The number of ether oxygens (including phenoxy) is 2. The summed E-state index contributed by atoms with van der Waals surface area (Å²) < 4.78 is 24.5. The summed E-state index contributed by atoms with van der Waals surface area (Å²) in [5, 5.41) is 18.7. The molecule has 154 valence electrons. The van der Waals surface area contributed by atoms with Crippen LogP contribution in [0.25, 0.3) is 11.1 Å². The van der Waals surface area contributed by atoms with Gasteiger partial charge >= 0.3 is 11.9 Å². The standard InChI is InChI=1S/C23H19FO6/c1-29-17-9-10-20(24)19(12-17)14-5-7-15(8-6-14)23(28)30-18-4-2-3-16(11-18)21(25)13-22(26)27/h2-12,21,25H,13H2,1H3,(H,26,27)/t21-/m1/s1. The van der Waals surface area contributed by atoms with Gasteiger partial charge in [-0.2, -0.15) is 0 Å². The Kier molecular flexibility index (Phi) is 6.44. The third kappa shape index (κ3) is 5.01. The summed E-state index contributed by atoms with van der Waals surface area (Å²) in [4.78, 5) is 23.2. The Morgan fingerprint density at radius 3 is 2.40 bits per heavy atom. The lowest BCUT2D eigenvalue weighted by molar-refractivity contribution is -0.139. The second kappa shape index (κ2) is 9.19. The molecular formula is C23H19FO6. The maximum atomic E-state index is 14.1. The van der Waals surface area contributed by atoms with Crippen molar-refractivity contribution in [3.63, 3.8) is 0 Å². The molecule has 0 unspecified atom stereocenters. The van der Waals surface area contributed by atoms with Crippen LogP contribution in [0.15, 0.2) is 66.7 Å². The van der Waals surface area contributed by atoms with Crippen molar-refractivity contribution in [1.29, 1.82) is 0 Å². The molecule has 0 radical (unpaired) electrons. The van der Waals surface area contributed by atoms with E-state index < -0.39 is 30.3 Å². The highest BCUT2D eigenvalue weighted by molar-refractivity contribution is 5.91. The van der Waals surface area contributed by atoms with Crippen LogP contribution in [-0.4, -0.2) is 29.3 Å². The number of benzene rings is 3. The zero-order valence-electron chi connectivity index (χ0n) is 16.0. The van der Waals surface area contributed by atoms with Crippen LogP contribution in [0.2, 0.25) is 0 Å². The number of aliphatic hydroxyl groups is 1. The molecule has 0 heterocycles. The second-order valence-corrected chi connectivity index (χ2v) is 6.50. The average molecular weight is 410 g/mol. The maximum absolute atomic E-state index is 14.1. The van der Waals surface area contributed by atoms with Crippen LogP contribution < -0.4 is 9.47 Å². The van der Waals surface area contributed by atoms with E-state index in [0.29, 0.717) is 22.4 Å². The van der Waals surface area contributed by atoms with Gasteiger partial charge in [-0.05, 0) is 53.6 Å². The summed E-state index contributed by atoms with van der Waals surface area (Å²) in [6, 6.07) is 16.6. The third-order valence-electron chi connectivity index (χ3n) is 4.43. The number of carboxylic acid groups (broad SMARTS) is 1. The van der Waals surface area contributed by atoms with E-state index in [2.05, 4.69) is 0 Å². The molecule has 0 saturated carbocycles. The van der Waals surface area contributed by atoms with E-state index in [-0.39, 0.29) is 11.3 Å². The second-order valence-electron chi connectivity index (χ2n) is 6.50. The molecule has 0 aliphatic heterocycles. The van der Waals surface area contributed by atoms with E-state index in [0.717, 1.165) is 0 Å². The fraction of sp³-hybridized carbons (Fsp3) is 0.130. The van der Waals surface area contributed by atoms with E-state index in [1.807, 2.05) is 0 Å². The Morgan fingerprint density at radius 2 is 1.73 bits per heavy atom. The van der Waals surface area contributed by atoms with Crippen LogP contribution in [0, 0.1) is 5.82 Å². The van der Waals surface area contributed by atoms with Crippen molar-refractivity contribution < 1.29 is 33.7 Å². The highest BCUT2D eigenvalue weighted by atomic mass is 19.1. The van der Waals surface area contributed by atoms with E-state index in [4.69, 9.17) is 14.6 Å². The number of esters is 1. The minimum Gasteiger partial charge on any atom is -0.497 e. The molecule has 7 heteroatoms. The van der Waals surface area contributed by atoms with Crippen molar-refractivity contribution in [2.24, 2.45) is 0 Å². The van der Waals surface area contributed by atoms with Gasteiger partial charge in [0.15, 0.2) is 0 Å². The molecule has 2 N–H and O–H groups in total. The summed E-state index contributed by atoms with van der Waals surface area (Å²) in [6.45, 7) is 0. The molecule has 0 aliphatic carbocycles. The van der Waals surface area contributed by atoms with Crippen molar-refractivity contribution in [3.8, 4) is 22.6 Å². The molecule has 3 rings (SSSR count). The monoisotopic (exact) mass is 410 g/mol. The van der Waals surface area contributed by atoms with Crippen LogP contribution in [0.1, 0.15) is 28.4 Å². The topological polar surface area (TPSA) is 93.1 Å². The SMILES string of the molecule is COc1ccc(F)c(-c2ccc(C(=O)Oc3cccc([C@H](O)CC(=O)O)c3)cc2)c1. The van der Waals surface area contributed by atoms with Gasteiger partial charge in [0.2, 0.25) is 0 Å². The molecule has 0 fully saturated rings. The molecular weight excluding hydrogens is 391 g/mol. The number of carbonyl (C=O) groups excluding carboxylic acids is 1. The van der Waals surface area contributed by atoms with Gasteiger partial charge in [-0.15, -0.1) is 0 Å². The smallest absolute Gasteiger partial charge is 0.343 e. The number of carbonyl (C=O) groups is 2. The predicted molar refractivity (Wildman–Crippen MR) is 107 cm³/mol. The Labute approximate surface area is 172 Å². The highest BCUT2D eigenvalue weighted by Crippen LogP contribution is 2.28. The van der Waals surface area contributed by atoms with Crippen LogP contribution in [0.5, 0.6) is 11.5 Å². The number of carboxylic acids is 1. The van der Waals surface area contributed by atoms with Gasteiger partial charge in [0, 0.05) is 5.56 Å². The molecule has 0 amide bonds. The van der Waals surface area contributed by atoms with Crippen LogP contribution in [0.3, 0.4) is 0 Å². The molecule has 0 saturated heterocycles. The lowest BCUT2D eigenvalue weighted by Gasteiger charge is -2.11. The van der Waals surface area contributed by atoms with Gasteiger partial charge in [0.1, 0.15) is 17.3 Å². The Balaban J connectivity index is 1.75. The van der Waals surface area contributed by atoms with E-state index >= 15 is 0 Å². The van der Waals surface area contributed by atoms with Gasteiger partial charge in [-0.25, -0.2) is 9.18 Å². The first-order valence-corrected chi connectivity index (χ1v) is 9.03. The molecule has 1 atom stereocenters. The quantitative estimate of drug-likeness (QED) is 0.447. The molecule has 0 spiro atoms. The lowest BCUT2D eigenvalue weighted by atomic mass is 10.0.